The average molecular weight is 313 g/mol. The van der Waals surface area contributed by atoms with Gasteiger partial charge in [-0.3, -0.25) is 0 Å². The molecule has 0 aliphatic carbocycles. The van der Waals surface area contributed by atoms with Gasteiger partial charge in [0.05, 0.1) is 34.5 Å². The van der Waals surface area contributed by atoms with Gasteiger partial charge in [0.1, 0.15) is 28.9 Å². The number of nitriles is 1. The number of nitrogens with zero attached hydrogens (tertiary/aromatic N) is 1. The summed E-state index contributed by atoms with van der Waals surface area (Å²) >= 11 is 0. The van der Waals surface area contributed by atoms with E-state index in [0.717, 1.165) is 0 Å². The summed E-state index contributed by atoms with van der Waals surface area (Å²) in [4.78, 5) is 0. The first kappa shape index (κ1) is 16.5. The maximum absolute atomic E-state index is 9.76. The molecule has 0 fully saturated rings. The molecule has 0 aliphatic rings. The zero-order valence-electron chi connectivity index (χ0n) is 13.6. The van der Waals surface area contributed by atoms with Crippen LogP contribution in [-0.4, -0.2) is 28.4 Å². The summed E-state index contributed by atoms with van der Waals surface area (Å²) in [6.07, 6.45) is 0. The van der Waals surface area contributed by atoms with E-state index >= 15 is 0 Å². The minimum absolute atomic E-state index is 0.579. The molecular weight excluding hydrogens is 294 g/mol. The molecule has 0 spiro atoms. The number of benzene rings is 2. The Labute approximate surface area is 136 Å². The summed E-state index contributed by atoms with van der Waals surface area (Å²) in [5.41, 5.74) is 1.42. The van der Waals surface area contributed by atoms with Crippen molar-refractivity contribution in [3.63, 3.8) is 0 Å². The van der Waals surface area contributed by atoms with Crippen LogP contribution in [0.3, 0.4) is 0 Å². The summed E-state index contributed by atoms with van der Waals surface area (Å²) in [6.45, 7) is 0. The molecule has 0 N–H and O–H groups in total. The molecule has 0 bridgehead atoms. The van der Waals surface area contributed by atoms with Crippen molar-refractivity contribution in [1.29, 1.82) is 5.26 Å². The van der Waals surface area contributed by atoms with Crippen LogP contribution in [0.25, 0.3) is 0 Å². The van der Waals surface area contributed by atoms with Gasteiger partial charge in [-0.05, 0) is 36.4 Å². The SMILES string of the molecule is COc1ccc(OC)c(C(C#N)c2cc(OC)ccc2OC)c1. The summed E-state index contributed by atoms with van der Waals surface area (Å²) in [5.74, 6) is 1.96. The third-order valence-electron chi connectivity index (χ3n) is 3.62. The second kappa shape index (κ2) is 7.41. The summed E-state index contributed by atoms with van der Waals surface area (Å²) < 4.78 is 21.3. The van der Waals surface area contributed by atoms with Gasteiger partial charge < -0.3 is 18.9 Å². The van der Waals surface area contributed by atoms with Crippen LogP contribution >= 0.6 is 0 Å². The largest absolute Gasteiger partial charge is 0.497 e. The molecule has 2 aromatic rings. The number of hydrogen-bond acceptors (Lipinski definition) is 5. The van der Waals surface area contributed by atoms with Crippen molar-refractivity contribution in [3.05, 3.63) is 47.5 Å². The van der Waals surface area contributed by atoms with E-state index in [1.54, 1.807) is 64.8 Å². The first-order valence-corrected chi connectivity index (χ1v) is 7.02. The summed E-state index contributed by atoms with van der Waals surface area (Å²) in [5, 5.41) is 9.76. The van der Waals surface area contributed by atoms with E-state index in [0.29, 0.717) is 34.1 Å². The van der Waals surface area contributed by atoms with E-state index < -0.39 is 5.92 Å². The van der Waals surface area contributed by atoms with Crippen LogP contribution in [0.4, 0.5) is 0 Å². The van der Waals surface area contributed by atoms with E-state index in [1.807, 2.05) is 0 Å². The average Bonchev–Trinajstić information content (AvgIpc) is 2.62. The van der Waals surface area contributed by atoms with Gasteiger partial charge in [-0.2, -0.15) is 5.26 Å². The topological polar surface area (TPSA) is 60.7 Å². The molecule has 0 aliphatic heterocycles. The number of methoxy groups -OCH3 is 4. The third-order valence-corrected chi connectivity index (χ3v) is 3.62. The van der Waals surface area contributed by atoms with Gasteiger partial charge in [0.25, 0.3) is 0 Å². The monoisotopic (exact) mass is 313 g/mol. The van der Waals surface area contributed by atoms with Crippen molar-refractivity contribution in [2.75, 3.05) is 28.4 Å². The van der Waals surface area contributed by atoms with Crippen LogP contribution in [0.2, 0.25) is 0 Å². The zero-order valence-corrected chi connectivity index (χ0v) is 13.6. The van der Waals surface area contributed by atoms with Crippen molar-refractivity contribution in [2.24, 2.45) is 0 Å². The Balaban J connectivity index is 2.63. The minimum atomic E-state index is -0.579. The molecular formula is C18H19NO4. The van der Waals surface area contributed by atoms with Crippen LogP contribution < -0.4 is 18.9 Å². The Kier molecular flexibility index (Phi) is 5.32. The highest BCUT2D eigenvalue weighted by Crippen LogP contribution is 2.39. The quantitative estimate of drug-likeness (QED) is 0.818. The van der Waals surface area contributed by atoms with E-state index in [2.05, 4.69) is 6.07 Å². The van der Waals surface area contributed by atoms with E-state index in [4.69, 9.17) is 18.9 Å². The van der Waals surface area contributed by atoms with Crippen molar-refractivity contribution in [1.82, 2.24) is 0 Å². The molecule has 0 amide bonds. The maximum atomic E-state index is 9.76. The lowest BCUT2D eigenvalue weighted by molar-refractivity contribution is 0.393. The van der Waals surface area contributed by atoms with Gasteiger partial charge in [0, 0.05) is 11.1 Å². The van der Waals surface area contributed by atoms with Gasteiger partial charge in [0.2, 0.25) is 0 Å². The Morgan fingerprint density at radius 3 is 1.48 bits per heavy atom. The molecule has 23 heavy (non-hydrogen) atoms. The maximum Gasteiger partial charge on any atom is 0.124 e. The van der Waals surface area contributed by atoms with Gasteiger partial charge in [-0.15, -0.1) is 0 Å². The number of rotatable bonds is 6. The lowest BCUT2D eigenvalue weighted by Crippen LogP contribution is -2.04. The molecule has 2 rings (SSSR count). The van der Waals surface area contributed by atoms with Gasteiger partial charge >= 0.3 is 0 Å². The van der Waals surface area contributed by atoms with E-state index in [9.17, 15) is 5.26 Å². The predicted molar refractivity (Wildman–Crippen MR) is 86.5 cm³/mol. The first-order chi connectivity index (χ1) is 11.2. The fourth-order valence-electron chi connectivity index (χ4n) is 2.44. The number of hydrogen-bond donors (Lipinski definition) is 0. The van der Waals surface area contributed by atoms with Crippen molar-refractivity contribution < 1.29 is 18.9 Å². The Hall–Kier alpha value is -2.87. The van der Waals surface area contributed by atoms with Crippen molar-refractivity contribution in [2.45, 2.75) is 5.92 Å². The van der Waals surface area contributed by atoms with E-state index in [1.165, 1.54) is 0 Å². The normalized spacial score (nSPS) is 10.1. The molecule has 0 aromatic heterocycles. The predicted octanol–water partition coefficient (Wildman–Crippen LogP) is 3.38. The fourth-order valence-corrected chi connectivity index (χ4v) is 2.44. The lowest BCUT2D eigenvalue weighted by Gasteiger charge is -2.18. The molecule has 0 saturated heterocycles. The van der Waals surface area contributed by atoms with E-state index in [-0.39, 0.29) is 0 Å². The molecule has 5 nitrogen and oxygen atoms in total. The lowest BCUT2D eigenvalue weighted by atomic mass is 9.90. The van der Waals surface area contributed by atoms with Crippen LogP contribution in [0.1, 0.15) is 17.0 Å². The van der Waals surface area contributed by atoms with Crippen LogP contribution in [0, 0.1) is 11.3 Å². The first-order valence-electron chi connectivity index (χ1n) is 7.02. The van der Waals surface area contributed by atoms with Crippen molar-refractivity contribution >= 4 is 0 Å². The molecule has 0 saturated carbocycles. The molecule has 2 aromatic carbocycles. The fraction of sp³-hybridized carbons (Fsp3) is 0.278. The van der Waals surface area contributed by atoms with Crippen LogP contribution in [0.15, 0.2) is 36.4 Å². The van der Waals surface area contributed by atoms with Gasteiger partial charge in [-0.25, -0.2) is 0 Å². The number of ether oxygens (including phenoxy) is 4. The minimum Gasteiger partial charge on any atom is -0.497 e. The molecule has 0 atom stereocenters. The summed E-state index contributed by atoms with van der Waals surface area (Å²) in [7, 11) is 6.31. The smallest absolute Gasteiger partial charge is 0.124 e. The summed E-state index contributed by atoms with van der Waals surface area (Å²) in [6, 6.07) is 13.1. The zero-order chi connectivity index (χ0) is 16.8. The second-order valence-corrected chi connectivity index (χ2v) is 4.78. The highest BCUT2D eigenvalue weighted by Gasteiger charge is 2.23. The molecule has 0 unspecified atom stereocenters. The van der Waals surface area contributed by atoms with Crippen molar-refractivity contribution in [3.8, 4) is 29.1 Å². The van der Waals surface area contributed by atoms with Gasteiger partial charge in [-0.1, -0.05) is 0 Å². The molecule has 120 valence electrons. The third kappa shape index (κ3) is 3.32. The Bertz CT molecular complexity index is 666. The van der Waals surface area contributed by atoms with Crippen LogP contribution in [-0.2, 0) is 0 Å². The Morgan fingerprint density at radius 2 is 1.17 bits per heavy atom. The van der Waals surface area contributed by atoms with Gasteiger partial charge in [0.15, 0.2) is 0 Å². The molecule has 5 heteroatoms. The molecule has 0 radical (unpaired) electrons. The highest BCUT2D eigenvalue weighted by atomic mass is 16.5. The highest BCUT2D eigenvalue weighted by molar-refractivity contribution is 5.54. The second-order valence-electron chi connectivity index (χ2n) is 4.78. The van der Waals surface area contributed by atoms with Crippen LogP contribution in [0.5, 0.6) is 23.0 Å². The standard InChI is InChI=1S/C18H19NO4/c1-20-12-5-7-17(22-3)14(9-12)16(11-19)15-10-13(21-2)6-8-18(15)23-4/h5-10,16H,1-4H3. The molecule has 0 heterocycles. The Morgan fingerprint density at radius 1 is 0.739 bits per heavy atom.